The normalized spacial score (nSPS) is 10.9. The fraction of sp³-hybridized carbons (Fsp3) is 0.136. The van der Waals surface area contributed by atoms with Gasteiger partial charge in [-0.3, -0.25) is 9.78 Å². The van der Waals surface area contributed by atoms with Gasteiger partial charge in [-0.2, -0.15) is 11.8 Å². The van der Waals surface area contributed by atoms with Crippen LogP contribution in [0.3, 0.4) is 0 Å². The molecule has 140 valence electrons. The Morgan fingerprint density at radius 3 is 2.61 bits per heavy atom. The van der Waals surface area contributed by atoms with Crippen LogP contribution in [0.4, 0.5) is 5.69 Å². The van der Waals surface area contributed by atoms with Gasteiger partial charge in [0.25, 0.3) is 0 Å². The Hall–Kier alpha value is -3.12. The molecule has 5 nitrogen and oxygen atoms in total. The zero-order valence-electron chi connectivity index (χ0n) is 15.3. The molecule has 0 saturated heterocycles. The number of rotatable bonds is 7. The van der Waals surface area contributed by atoms with Crippen molar-refractivity contribution in [3.05, 3.63) is 78.6 Å². The lowest BCUT2D eigenvalue weighted by Crippen LogP contribution is -2.12. The number of hydrogen-bond acceptors (Lipinski definition) is 4. The fourth-order valence-corrected chi connectivity index (χ4v) is 3.70. The summed E-state index contributed by atoms with van der Waals surface area (Å²) in [7, 11) is 0. The second-order valence-electron chi connectivity index (χ2n) is 6.35. The third-order valence-electron chi connectivity index (χ3n) is 4.28. The predicted molar refractivity (Wildman–Crippen MR) is 115 cm³/mol. The molecule has 2 N–H and O–H groups in total. The van der Waals surface area contributed by atoms with E-state index in [-0.39, 0.29) is 5.91 Å². The Labute approximate surface area is 167 Å². The number of aromatic nitrogens is 3. The van der Waals surface area contributed by atoms with Gasteiger partial charge in [-0.05, 0) is 48.5 Å². The summed E-state index contributed by atoms with van der Waals surface area (Å²) in [6.45, 7) is 0. The molecule has 0 spiro atoms. The van der Waals surface area contributed by atoms with E-state index in [1.807, 2.05) is 66.7 Å². The number of para-hydroxylation sites is 2. The summed E-state index contributed by atoms with van der Waals surface area (Å²) in [5.41, 5.74) is 4.77. The Morgan fingerprint density at radius 2 is 1.82 bits per heavy atom. The summed E-state index contributed by atoms with van der Waals surface area (Å²) in [5, 5.41) is 2.95. The molecule has 0 atom stereocenters. The van der Waals surface area contributed by atoms with E-state index in [9.17, 15) is 4.79 Å². The van der Waals surface area contributed by atoms with E-state index in [1.54, 1.807) is 18.0 Å². The van der Waals surface area contributed by atoms with Crippen molar-refractivity contribution in [2.45, 2.75) is 12.2 Å². The number of hydrogen-bond donors (Lipinski definition) is 2. The predicted octanol–water partition coefficient (Wildman–Crippen LogP) is 4.89. The summed E-state index contributed by atoms with van der Waals surface area (Å²) in [6, 6.07) is 21.6. The van der Waals surface area contributed by atoms with Gasteiger partial charge in [0.05, 0.1) is 16.7 Å². The first kappa shape index (κ1) is 18.3. The van der Waals surface area contributed by atoms with Gasteiger partial charge in [-0.25, -0.2) is 4.98 Å². The van der Waals surface area contributed by atoms with Crippen LogP contribution in [-0.4, -0.2) is 26.6 Å². The minimum atomic E-state index is 0.0185. The van der Waals surface area contributed by atoms with Crippen LogP contribution in [0.1, 0.15) is 12.1 Å². The molecule has 0 radical (unpaired) electrons. The molecule has 0 aliphatic heterocycles. The second kappa shape index (κ2) is 8.71. The van der Waals surface area contributed by atoms with Crippen LogP contribution in [0.25, 0.3) is 22.4 Å². The maximum absolute atomic E-state index is 12.1. The number of benzene rings is 2. The fourth-order valence-electron chi connectivity index (χ4n) is 2.85. The van der Waals surface area contributed by atoms with E-state index in [4.69, 9.17) is 0 Å². The highest BCUT2D eigenvalue weighted by atomic mass is 32.2. The number of aromatic amines is 1. The first-order valence-electron chi connectivity index (χ1n) is 9.10. The van der Waals surface area contributed by atoms with Crippen LogP contribution in [-0.2, 0) is 10.5 Å². The first-order valence-corrected chi connectivity index (χ1v) is 10.3. The number of anilines is 1. The number of carbonyl (C=O) groups is 1. The number of carbonyl (C=O) groups excluding carboxylic acids is 1. The van der Waals surface area contributed by atoms with E-state index < -0.39 is 0 Å². The average molecular weight is 388 g/mol. The number of imidazole rings is 1. The van der Waals surface area contributed by atoms with Gasteiger partial charge < -0.3 is 10.3 Å². The molecule has 2 heterocycles. The van der Waals surface area contributed by atoms with E-state index in [1.165, 1.54) is 0 Å². The third kappa shape index (κ3) is 4.58. The van der Waals surface area contributed by atoms with Crippen molar-refractivity contribution in [1.29, 1.82) is 0 Å². The summed E-state index contributed by atoms with van der Waals surface area (Å²) in [4.78, 5) is 24.3. The lowest BCUT2D eigenvalue weighted by molar-refractivity contribution is -0.115. The van der Waals surface area contributed by atoms with Gasteiger partial charge in [-0.1, -0.05) is 18.2 Å². The molecule has 1 amide bonds. The van der Waals surface area contributed by atoms with E-state index >= 15 is 0 Å². The Morgan fingerprint density at radius 1 is 1.00 bits per heavy atom. The molecule has 0 aliphatic rings. The maximum atomic E-state index is 12.1. The van der Waals surface area contributed by atoms with E-state index in [0.29, 0.717) is 6.42 Å². The lowest BCUT2D eigenvalue weighted by Gasteiger charge is -2.06. The zero-order valence-corrected chi connectivity index (χ0v) is 16.1. The molecular weight excluding hydrogens is 368 g/mol. The van der Waals surface area contributed by atoms with E-state index in [0.717, 1.165) is 45.3 Å². The number of H-pyrrole nitrogens is 1. The summed E-state index contributed by atoms with van der Waals surface area (Å²) in [5.74, 6) is 2.43. The number of pyridine rings is 1. The van der Waals surface area contributed by atoms with E-state index in [2.05, 4.69) is 20.3 Å². The van der Waals surface area contributed by atoms with Crippen molar-refractivity contribution in [3.8, 4) is 11.4 Å². The SMILES string of the molecule is O=C(CCSCc1ccccn1)Nc1ccc(-c2nc3ccccc3[nH]2)cc1. The average Bonchev–Trinajstić information content (AvgIpc) is 3.17. The van der Waals surface area contributed by atoms with Crippen LogP contribution in [0, 0.1) is 0 Å². The molecule has 28 heavy (non-hydrogen) atoms. The van der Waals surface area contributed by atoms with Crippen molar-refractivity contribution >= 4 is 34.4 Å². The topological polar surface area (TPSA) is 70.7 Å². The highest BCUT2D eigenvalue weighted by molar-refractivity contribution is 7.98. The molecule has 2 aromatic heterocycles. The molecule has 0 aliphatic carbocycles. The number of thioether (sulfide) groups is 1. The quantitative estimate of drug-likeness (QED) is 0.442. The van der Waals surface area contributed by atoms with Crippen LogP contribution in [0.5, 0.6) is 0 Å². The highest BCUT2D eigenvalue weighted by Crippen LogP contribution is 2.22. The molecule has 0 saturated carbocycles. The van der Waals surface area contributed by atoms with Gasteiger partial charge in [0.2, 0.25) is 5.91 Å². The highest BCUT2D eigenvalue weighted by Gasteiger charge is 2.06. The second-order valence-corrected chi connectivity index (χ2v) is 7.46. The van der Waals surface area contributed by atoms with Crippen molar-refractivity contribution < 1.29 is 4.79 Å². The molecule has 0 fully saturated rings. The van der Waals surface area contributed by atoms with Crippen molar-refractivity contribution in [3.63, 3.8) is 0 Å². The van der Waals surface area contributed by atoms with Crippen molar-refractivity contribution in [2.24, 2.45) is 0 Å². The van der Waals surface area contributed by atoms with Gasteiger partial charge in [-0.15, -0.1) is 0 Å². The Kier molecular flexibility index (Phi) is 5.68. The monoisotopic (exact) mass is 388 g/mol. The Bertz CT molecular complexity index is 1030. The maximum Gasteiger partial charge on any atom is 0.225 e. The smallest absolute Gasteiger partial charge is 0.225 e. The number of amides is 1. The van der Waals surface area contributed by atoms with Gasteiger partial charge >= 0.3 is 0 Å². The molecule has 2 aromatic carbocycles. The van der Waals surface area contributed by atoms with Gasteiger partial charge in [0.1, 0.15) is 5.82 Å². The summed E-state index contributed by atoms with van der Waals surface area (Å²) >= 11 is 1.71. The van der Waals surface area contributed by atoms with Crippen molar-refractivity contribution in [1.82, 2.24) is 15.0 Å². The minimum Gasteiger partial charge on any atom is -0.338 e. The molecule has 0 unspecified atom stereocenters. The number of nitrogens with one attached hydrogen (secondary N) is 2. The van der Waals surface area contributed by atoms with Crippen LogP contribution < -0.4 is 5.32 Å². The van der Waals surface area contributed by atoms with Gasteiger partial charge in [0, 0.05) is 35.4 Å². The summed E-state index contributed by atoms with van der Waals surface area (Å²) < 4.78 is 0. The zero-order chi connectivity index (χ0) is 19.2. The van der Waals surface area contributed by atoms with Crippen LogP contribution in [0.2, 0.25) is 0 Å². The largest absolute Gasteiger partial charge is 0.338 e. The van der Waals surface area contributed by atoms with Gasteiger partial charge in [0.15, 0.2) is 0 Å². The molecule has 4 rings (SSSR count). The third-order valence-corrected chi connectivity index (χ3v) is 5.27. The van der Waals surface area contributed by atoms with Crippen LogP contribution >= 0.6 is 11.8 Å². The molecule has 4 aromatic rings. The Balaban J connectivity index is 1.28. The molecule has 0 bridgehead atoms. The van der Waals surface area contributed by atoms with Crippen molar-refractivity contribution in [2.75, 3.05) is 11.1 Å². The lowest BCUT2D eigenvalue weighted by atomic mass is 10.2. The first-order chi connectivity index (χ1) is 13.8. The summed E-state index contributed by atoms with van der Waals surface area (Å²) in [6.07, 6.45) is 2.26. The minimum absolute atomic E-state index is 0.0185. The number of nitrogens with zero attached hydrogens (tertiary/aromatic N) is 2. The van der Waals surface area contributed by atoms with Crippen LogP contribution in [0.15, 0.2) is 72.9 Å². The molecule has 6 heteroatoms. The standard InChI is InChI=1S/C22H20N4OS/c27-21(12-14-28-15-18-5-3-4-13-23-18)24-17-10-8-16(9-11-17)22-25-19-6-1-2-7-20(19)26-22/h1-11,13H,12,14-15H2,(H,24,27)(H,25,26). The molecular formula is C22H20N4OS. The number of fused-ring (bicyclic) bond motifs is 1.